The number of piperazine rings is 1. The summed E-state index contributed by atoms with van der Waals surface area (Å²) in [7, 11) is 3.52. The standard InChI is InChI=1S/C21H24N4O3S/c1-23-17-7-12-29-19(17)13-18(23)21(27)22-14-20(26)25-10-8-24(9-11-25)15-3-5-16(28-2)6-4-15/h3-7,12-13H,8-11,14H2,1-2H3,(H,22,27). The normalized spacial score (nSPS) is 14.3. The number of methoxy groups -OCH3 is 1. The van der Waals surface area contributed by atoms with E-state index >= 15 is 0 Å². The van der Waals surface area contributed by atoms with E-state index in [9.17, 15) is 9.59 Å². The van der Waals surface area contributed by atoms with Crippen LogP contribution in [0.4, 0.5) is 5.69 Å². The number of hydrogen-bond acceptors (Lipinski definition) is 5. The molecular weight excluding hydrogens is 388 g/mol. The van der Waals surface area contributed by atoms with Crippen LogP contribution in [-0.2, 0) is 11.8 Å². The van der Waals surface area contributed by atoms with Crippen molar-refractivity contribution in [1.82, 2.24) is 14.8 Å². The van der Waals surface area contributed by atoms with E-state index in [1.165, 1.54) is 0 Å². The smallest absolute Gasteiger partial charge is 0.268 e. The number of carbonyl (C=O) groups excluding carboxylic acids is 2. The molecule has 1 saturated heterocycles. The summed E-state index contributed by atoms with van der Waals surface area (Å²) >= 11 is 1.60. The zero-order valence-corrected chi connectivity index (χ0v) is 17.4. The molecular formula is C21H24N4O3S. The quantitative estimate of drug-likeness (QED) is 0.699. The highest BCUT2D eigenvalue weighted by atomic mass is 32.1. The highest BCUT2D eigenvalue weighted by Gasteiger charge is 2.22. The van der Waals surface area contributed by atoms with Gasteiger partial charge in [0, 0.05) is 38.9 Å². The molecule has 8 heteroatoms. The Morgan fingerprint density at radius 1 is 1.10 bits per heavy atom. The van der Waals surface area contributed by atoms with Crippen LogP contribution in [0.3, 0.4) is 0 Å². The molecule has 3 aromatic rings. The van der Waals surface area contributed by atoms with Crippen LogP contribution in [0, 0.1) is 0 Å². The second kappa shape index (κ2) is 8.16. The Hall–Kier alpha value is -3.00. The van der Waals surface area contributed by atoms with Gasteiger partial charge in [0.15, 0.2) is 0 Å². The maximum absolute atomic E-state index is 12.5. The number of benzene rings is 1. The molecule has 7 nitrogen and oxygen atoms in total. The van der Waals surface area contributed by atoms with Gasteiger partial charge in [-0.15, -0.1) is 11.3 Å². The largest absolute Gasteiger partial charge is 0.497 e. The van der Waals surface area contributed by atoms with Gasteiger partial charge in [0.05, 0.1) is 23.9 Å². The van der Waals surface area contributed by atoms with Gasteiger partial charge in [-0.25, -0.2) is 0 Å². The van der Waals surface area contributed by atoms with Crippen molar-refractivity contribution in [3.8, 4) is 5.75 Å². The van der Waals surface area contributed by atoms with E-state index in [1.54, 1.807) is 18.4 Å². The number of carbonyl (C=O) groups is 2. The number of aryl methyl sites for hydroxylation is 1. The first kappa shape index (κ1) is 19.3. The molecule has 1 aromatic carbocycles. The topological polar surface area (TPSA) is 66.8 Å². The number of thiophene rings is 1. The SMILES string of the molecule is COc1ccc(N2CCN(C(=O)CNC(=O)c3cc4sccc4n3C)CC2)cc1. The van der Waals surface area contributed by atoms with Gasteiger partial charge >= 0.3 is 0 Å². The summed E-state index contributed by atoms with van der Waals surface area (Å²) < 4.78 is 8.12. The lowest BCUT2D eigenvalue weighted by molar-refractivity contribution is -0.130. The van der Waals surface area contributed by atoms with Crippen molar-refractivity contribution < 1.29 is 14.3 Å². The lowest BCUT2D eigenvalue weighted by Crippen LogP contribution is -2.51. The number of nitrogens with zero attached hydrogens (tertiary/aromatic N) is 3. The minimum absolute atomic E-state index is 0.0141. The Morgan fingerprint density at radius 3 is 2.48 bits per heavy atom. The third-order valence-corrected chi connectivity index (χ3v) is 6.22. The molecule has 0 atom stereocenters. The molecule has 29 heavy (non-hydrogen) atoms. The first-order valence-electron chi connectivity index (χ1n) is 9.54. The summed E-state index contributed by atoms with van der Waals surface area (Å²) in [4.78, 5) is 29.1. The molecule has 0 saturated carbocycles. The molecule has 1 N–H and O–H groups in total. The highest BCUT2D eigenvalue weighted by Crippen LogP contribution is 2.24. The van der Waals surface area contributed by atoms with E-state index in [-0.39, 0.29) is 18.4 Å². The number of rotatable bonds is 5. The average molecular weight is 413 g/mol. The fraction of sp³-hybridized carbons (Fsp3) is 0.333. The van der Waals surface area contributed by atoms with E-state index in [0.717, 1.165) is 34.7 Å². The molecule has 2 aromatic heterocycles. The van der Waals surface area contributed by atoms with Crippen LogP contribution in [0.2, 0.25) is 0 Å². The minimum atomic E-state index is -0.221. The monoisotopic (exact) mass is 412 g/mol. The first-order valence-corrected chi connectivity index (χ1v) is 10.4. The van der Waals surface area contributed by atoms with Crippen molar-refractivity contribution in [3.05, 3.63) is 47.5 Å². The van der Waals surface area contributed by atoms with Gasteiger partial charge in [0.25, 0.3) is 5.91 Å². The zero-order chi connectivity index (χ0) is 20.4. The Kier molecular flexibility index (Phi) is 5.44. The molecule has 1 aliphatic heterocycles. The number of fused-ring (bicyclic) bond motifs is 1. The number of anilines is 1. The molecule has 0 radical (unpaired) electrons. The van der Waals surface area contributed by atoms with Gasteiger partial charge in [-0.3, -0.25) is 9.59 Å². The molecule has 0 bridgehead atoms. The summed E-state index contributed by atoms with van der Waals surface area (Å²) in [6.07, 6.45) is 0. The summed E-state index contributed by atoms with van der Waals surface area (Å²) in [6, 6.07) is 11.8. The number of ether oxygens (including phenoxy) is 1. The third kappa shape index (κ3) is 3.93. The van der Waals surface area contributed by atoms with Crippen molar-refractivity contribution in [1.29, 1.82) is 0 Å². The van der Waals surface area contributed by atoms with Gasteiger partial charge in [-0.1, -0.05) is 0 Å². The van der Waals surface area contributed by atoms with E-state index in [1.807, 2.05) is 58.3 Å². The molecule has 0 spiro atoms. The van der Waals surface area contributed by atoms with Crippen molar-refractivity contribution in [2.45, 2.75) is 0 Å². The molecule has 0 unspecified atom stereocenters. The predicted octanol–water partition coefficient (Wildman–Crippen LogP) is 2.33. The van der Waals surface area contributed by atoms with E-state index in [0.29, 0.717) is 18.8 Å². The first-order chi connectivity index (χ1) is 14.1. The molecule has 2 amide bonds. The molecule has 4 rings (SSSR count). The van der Waals surface area contributed by atoms with Gasteiger partial charge in [-0.05, 0) is 41.8 Å². The van der Waals surface area contributed by atoms with Crippen molar-refractivity contribution in [3.63, 3.8) is 0 Å². The lowest BCUT2D eigenvalue weighted by Gasteiger charge is -2.36. The summed E-state index contributed by atoms with van der Waals surface area (Å²) in [5, 5.41) is 4.77. The van der Waals surface area contributed by atoms with Crippen LogP contribution in [-0.4, -0.2) is 61.1 Å². The van der Waals surface area contributed by atoms with Gasteiger partial charge < -0.3 is 24.4 Å². The maximum Gasteiger partial charge on any atom is 0.268 e. The molecule has 152 valence electrons. The lowest BCUT2D eigenvalue weighted by atomic mass is 10.2. The van der Waals surface area contributed by atoms with Gasteiger partial charge in [0.1, 0.15) is 11.4 Å². The minimum Gasteiger partial charge on any atom is -0.497 e. The third-order valence-electron chi connectivity index (χ3n) is 5.37. The number of aromatic nitrogens is 1. The number of hydrogen-bond donors (Lipinski definition) is 1. The summed E-state index contributed by atoms with van der Waals surface area (Å²) in [5.74, 6) is 0.557. The number of nitrogens with one attached hydrogen (secondary N) is 1. The van der Waals surface area contributed by atoms with Crippen molar-refractivity contribution in [2.24, 2.45) is 7.05 Å². The van der Waals surface area contributed by atoms with Crippen molar-refractivity contribution >= 4 is 39.1 Å². The molecule has 3 heterocycles. The maximum atomic E-state index is 12.5. The number of amides is 2. The van der Waals surface area contributed by atoms with Crippen LogP contribution in [0.25, 0.3) is 10.2 Å². The van der Waals surface area contributed by atoms with E-state index in [4.69, 9.17) is 4.74 Å². The average Bonchev–Trinajstić information content (AvgIpc) is 3.35. The summed E-state index contributed by atoms with van der Waals surface area (Å²) in [6.45, 7) is 2.82. The van der Waals surface area contributed by atoms with Gasteiger partial charge in [0.2, 0.25) is 5.91 Å². The Bertz CT molecular complexity index is 1020. The van der Waals surface area contributed by atoms with Crippen LogP contribution in [0.15, 0.2) is 41.8 Å². The van der Waals surface area contributed by atoms with Crippen LogP contribution in [0.1, 0.15) is 10.5 Å². The Balaban J connectivity index is 1.28. The summed E-state index contributed by atoms with van der Waals surface area (Å²) in [5.41, 5.74) is 2.72. The molecule has 1 fully saturated rings. The highest BCUT2D eigenvalue weighted by molar-refractivity contribution is 7.17. The Labute approximate surface area is 173 Å². The van der Waals surface area contributed by atoms with E-state index in [2.05, 4.69) is 10.2 Å². The van der Waals surface area contributed by atoms with Crippen LogP contribution >= 0.6 is 11.3 Å². The van der Waals surface area contributed by atoms with E-state index < -0.39 is 0 Å². The fourth-order valence-electron chi connectivity index (χ4n) is 3.63. The second-order valence-electron chi connectivity index (χ2n) is 7.01. The van der Waals surface area contributed by atoms with Crippen LogP contribution in [0.5, 0.6) is 5.75 Å². The second-order valence-corrected chi connectivity index (χ2v) is 7.95. The van der Waals surface area contributed by atoms with Crippen molar-refractivity contribution in [2.75, 3.05) is 44.7 Å². The van der Waals surface area contributed by atoms with Gasteiger partial charge in [-0.2, -0.15) is 0 Å². The molecule has 1 aliphatic rings. The Morgan fingerprint density at radius 2 is 1.83 bits per heavy atom. The predicted molar refractivity (Wildman–Crippen MR) is 115 cm³/mol. The zero-order valence-electron chi connectivity index (χ0n) is 16.6. The van der Waals surface area contributed by atoms with Crippen LogP contribution < -0.4 is 15.0 Å². The molecule has 0 aliphatic carbocycles. The fourth-order valence-corrected chi connectivity index (χ4v) is 4.48.